The van der Waals surface area contributed by atoms with Gasteiger partial charge < -0.3 is 21.4 Å². The van der Waals surface area contributed by atoms with E-state index in [1.54, 1.807) is 0 Å². The smallest absolute Gasteiger partial charge is 0.352 e. The Labute approximate surface area is 197 Å². The van der Waals surface area contributed by atoms with Gasteiger partial charge in [0.05, 0.1) is 0 Å². The highest BCUT2D eigenvalue weighted by atomic mass is 32.2. The van der Waals surface area contributed by atoms with Gasteiger partial charge in [-0.3, -0.25) is 14.5 Å². The maximum Gasteiger partial charge on any atom is 0.352 e. The lowest BCUT2D eigenvalue weighted by atomic mass is 10.0. The predicted octanol–water partition coefficient (Wildman–Crippen LogP) is 0.594. The Kier molecular flexibility index (Phi) is 6.36. The second kappa shape index (κ2) is 9.05. The fourth-order valence-corrected chi connectivity index (χ4v) is 6.95. The van der Waals surface area contributed by atoms with Crippen molar-refractivity contribution in [1.82, 2.24) is 25.4 Å². The van der Waals surface area contributed by atoms with Crippen molar-refractivity contribution in [3.05, 3.63) is 27.4 Å². The highest BCUT2D eigenvalue weighted by Gasteiger charge is 2.54. The van der Waals surface area contributed by atoms with Crippen LogP contribution in [-0.4, -0.2) is 76.8 Å². The van der Waals surface area contributed by atoms with Crippen molar-refractivity contribution in [2.45, 2.75) is 22.7 Å². The van der Waals surface area contributed by atoms with Gasteiger partial charge in [0, 0.05) is 16.9 Å². The second-order valence-electron chi connectivity index (χ2n) is 6.51. The zero-order valence-corrected chi connectivity index (χ0v) is 19.5. The Balaban J connectivity index is 1.48. The van der Waals surface area contributed by atoms with Crippen molar-refractivity contribution in [2.24, 2.45) is 5.16 Å². The molecule has 0 unspecified atom stereocenters. The fourth-order valence-electron chi connectivity index (χ4n) is 3.10. The third-order valence-corrected chi connectivity index (χ3v) is 8.57. The molecule has 0 spiro atoms. The summed E-state index contributed by atoms with van der Waals surface area (Å²) in [5, 5.41) is 34.2. The first-order valence-corrected chi connectivity index (χ1v) is 12.6. The minimum absolute atomic E-state index is 0.0739. The number of aliphatic carboxylic acids is 1. The van der Waals surface area contributed by atoms with Gasteiger partial charge in [0.1, 0.15) is 27.8 Å². The van der Waals surface area contributed by atoms with Gasteiger partial charge in [0.25, 0.3) is 11.8 Å². The summed E-state index contributed by atoms with van der Waals surface area (Å²) in [4.78, 5) is 42.3. The molecule has 168 valence electrons. The van der Waals surface area contributed by atoms with Gasteiger partial charge in [0.15, 0.2) is 15.2 Å². The number of nitrogens with two attached hydrogens (primary N) is 1. The summed E-state index contributed by atoms with van der Waals surface area (Å²) in [6.07, 6.45) is 0. The van der Waals surface area contributed by atoms with Gasteiger partial charge in [-0.2, -0.15) is 0 Å². The standard InChI is InChI=1S/C16H15N7O5S4/c1-5-20-21-16(32-5)31-3-6-2-29-13-9(12(25)23(13)10(6)14(26)27)19-11(24)8(22-28)7-4-30-15(17)18-7/h4,9,13,28H,2-3H2,1H3,(H2,17,18)(H,19,24)(H,26,27)/t9-,13+/m1/s1. The first kappa shape index (κ1) is 22.5. The molecule has 2 aliphatic rings. The lowest BCUT2D eigenvalue weighted by molar-refractivity contribution is -0.150. The van der Waals surface area contributed by atoms with Crippen LogP contribution in [0.2, 0.25) is 0 Å². The van der Waals surface area contributed by atoms with E-state index in [4.69, 9.17) is 5.73 Å². The maximum absolute atomic E-state index is 12.8. The lowest BCUT2D eigenvalue weighted by Crippen LogP contribution is -2.71. The average Bonchev–Trinajstić information content (AvgIpc) is 3.38. The highest BCUT2D eigenvalue weighted by Crippen LogP contribution is 2.41. The number of carboxylic acids is 1. The highest BCUT2D eigenvalue weighted by molar-refractivity contribution is 8.01. The summed E-state index contributed by atoms with van der Waals surface area (Å²) in [6.45, 7) is 1.83. The Hall–Kier alpha value is -2.69. The summed E-state index contributed by atoms with van der Waals surface area (Å²) in [5.41, 5.74) is 5.74. The number of hydrogen-bond acceptors (Lipinski definition) is 13. The van der Waals surface area contributed by atoms with Crippen LogP contribution < -0.4 is 11.1 Å². The molecule has 12 nitrogen and oxygen atoms in total. The number of β-lactam (4-membered cyclic amide) rings is 1. The van der Waals surface area contributed by atoms with Crippen molar-refractivity contribution in [3.63, 3.8) is 0 Å². The quantitative estimate of drug-likeness (QED) is 0.134. The molecule has 2 atom stereocenters. The Morgan fingerprint density at radius 2 is 2.22 bits per heavy atom. The van der Waals surface area contributed by atoms with Gasteiger partial charge in [0.2, 0.25) is 0 Å². The zero-order valence-electron chi connectivity index (χ0n) is 16.2. The number of carbonyl (C=O) groups excluding carboxylic acids is 2. The molecule has 0 bridgehead atoms. The minimum atomic E-state index is -1.21. The molecule has 2 aromatic rings. The molecule has 16 heteroatoms. The number of amides is 2. The second-order valence-corrected chi connectivity index (χ2v) is 10.9. The van der Waals surface area contributed by atoms with E-state index in [1.165, 1.54) is 45.1 Å². The molecule has 1 saturated heterocycles. The number of nitrogen functional groups attached to an aromatic ring is 1. The molecular formula is C16H15N7O5S4. The maximum atomic E-state index is 12.8. The van der Waals surface area contributed by atoms with Crippen LogP contribution in [0.3, 0.4) is 0 Å². The van der Waals surface area contributed by atoms with Crippen molar-refractivity contribution in [1.29, 1.82) is 0 Å². The van der Waals surface area contributed by atoms with Crippen LogP contribution in [0.15, 0.2) is 26.1 Å². The number of nitrogens with one attached hydrogen (secondary N) is 1. The number of carboxylic acid groups (broad SMARTS) is 1. The van der Waals surface area contributed by atoms with Crippen molar-refractivity contribution >= 4 is 74.8 Å². The molecule has 1 fully saturated rings. The van der Waals surface area contributed by atoms with E-state index in [9.17, 15) is 24.7 Å². The SMILES string of the molecule is Cc1nnc(SCC2=C(C(=O)O)N3C(=O)[C@@H](NC(=O)C(=NO)c4csc(N)n4)[C@@H]3SC2)s1. The van der Waals surface area contributed by atoms with Crippen LogP contribution in [0, 0.1) is 6.92 Å². The summed E-state index contributed by atoms with van der Waals surface area (Å²) < 4.78 is 0.713. The van der Waals surface area contributed by atoms with E-state index < -0.39 is 29.2 Å². The molecule has 2 amide bonds. The number of oxime groups is 1. The van der Waals surface area contributed by atoms with Crippen LogP contribution in [0.5, 0.6) is 0 Å². The summed E-state index contributed by atoms with van der Waals surface area (Å²) >= 11 is 5.17. The molecule has 32 heavy (non-hydrogen) atoms. The lowest BCUT2D eigenvalue weighted by Gasteiger charge is -2.49. The minimum Gasteiger partial charge on any atom is -0.477 e. The van der Waals surface area contributed by atoms with E-state index in [0.717, 1.165) is 16.3 Å². The van der Waals surface area contributed by atoms with Crippen molar-refractivity contribution < 1.29 is 24.7 Å². The first-order valence-electron chi connectivity index (χ1n) is 8.87. The summed E-state index contributed by atoms with van der Waals surface area (Å²) in [7, 11) is 0. The van der Waals surface area contributed by atoms with E-state index >= 15 is 0 Å². The fraction of sp³-hybridized carbons (Fsp3) is 0.312. The molecule has 4 rings (SSSR count). The van der Waals surface area contributed by atoms with Gasteiger partial charge in [-0.25, -0.2) is 9.78 Å². The van der Waals surface area contributed by atoms with E-state index in [2.05, 4.69) is 25.7 Å². The number of aromatic nitrogens is 3. The molecule has 4 heterocycles. The number of aryl methyl sites for hydroxylation is 1. The van der Waals surface area contributed by atoms with E-state index in [1.807, 2.05) is 6.92 Å². The van der Waals surface area contributed by atoms with Crippen molar-refractivity contribution in [2.75, 3.05) is 17.2 Å². The zero-order chi connectivity index (χ0) is 23.0. The van der Waals surface area contributed by atoms with Crippen LogP contribution in [-0.2, 0) is 14.4 Å². The Morgan fingerprint density at radius 3 is 2.81 bits per heavy atom. The van der Waals surface area contributed by atoms with Gasteiger partial charge in [-0.1, -0.05) is 28.3 Å². The molecule has 0 aliphatic carbocycles. The van der Waals surface area contributed by atoms with Crippen LogP contribution >= 0.6 is 46.2 Å². The number of hydrogen-bond donors (Lipinski definition) is 4. The molecular weight excluding hydrogens is 498 g/mol. The van der Waals surface area contributed by atoms with Gasteiger partial charge >= 0.3 is 5.97 Å². The molecule has 2 aliphatic heterocycles. The first-order chi connectivity index (χ1) is 15.3. The molecule has 0 radical (unpaired) electrons. The average molecular weight is 514 g/mol. The number of rotatable bonds is 7. The number of thioether (sulfide) groups is 2. The monoisotopic (exact) mass is 513 g/mol. The Morgan fingerprint density at radius 1 is 1.44 bits per heavy atom. The van der Waals surface area contributed by atoms with Crippen LogP contribution in [0.25, 0.3) is 0 Å². The molecule has 2 aromatic heterocycles. The number of nitrogens with zero attached hydrogens (tertiary/aromatic N) is 5. The van der Waals surface area contributed by atoms with E-state index in [0.29, 0.717) is 21.4 Å². The topological polar surface area (TPSA) is 184 Å². The van der Waals surface area contributed by atoms with E-state index in [-0.39, 0.29) is 22.2 Å². The summed E-state index contributed by atoms with van der Waals surface area (Å²) in [6, 6.07) is -0.963. The third kappa shape index (κ3) is 4.17. The number of thiazole rings is 1. The van der Waals surface area contributed by atoms with Crippen LogP contribution in [0.1, 0.15) is 10.7 Å². The number of fused-ring (bicyclic) bond motifs is 1. The summed E-state index contributed by atoms with van der Waals surface area (Å²) in [5.74, 6) is -1.87. The molecule has 0 aromatic carbocycles. The third-order valence-electron chi connectivity index (χ3n) is 4.49. The van der Waals surface area contributed by atoms with Crippen molar-refractivity contribution in [3.8, 4) is 0 Å². The molecule has 0 saturated carbocycles. The normalized spacial score (nSPS) is 20.7. The number of carbonyl (C=O) groups is 3. The predicted molar refractivity (Wildman–Crippen MR) is 120 cm³/mol. The number of anilines is 1. The largest absolute Gasteiger partial charge is 0.477 e. The van der Waals surface area contributed by atoms with Gasteiger partial charge in [-0.15, -0.1) is 33.3 Å². The van der Waals surface area contributed by atoms with Gasteiger partial charge in [-0.05, 0) is 12.5 Å². The molecule has 5 N–H and O–H groups in total. The Bertz CT molecular complexity index is 1160. The van der Waals surface area contributed by atoms with Crippen LogP contribution in [0.4, 0.5) is 5.13 Å².